The highest BCUT2D eigenvalue weighted by Crippen LogP contribution is 2.34. The second-order valence-corrected chi connectivity index (χ2v) is 7.32. The highest BCUT2D eigenvalue weighted by molar-refractivity contribution is 5.69. The van der Waals surface area contributed by atoms with Crippen LogP contribution in [0.4, 0.5) is 4.79 Å². The van der Waals surface area contributed by atoms with Crippen LogP contribution in [0.3, 0.4) is 0 Å². The minimum Gasteiger partial charge on any atom is -0.441 e. The third-order valence-corrected chi connectivity index (χ3v) is 5.48. The van der Waals surface area contributed by atoms with Gasteiger partial charge in [-0.15, -0.1) is 0 Å². The molecule has 0 spiro atoms. The van der Waals surface area contributed by atoms with E-state index in [-0.39, 0.29) is 6.42 Å². The third kappa shape index (κ3) is 4.39. The molecular formula is C14H20N10O7. The molecule has 0 aromatic rings. The molecule has 1 saturated carbocycles. The standard InChI is InChI=1S/C14H20N10O7/c1-3-10-12(31-14(28)18-3)8(26)6(21-24-17)13(29-10)30-11-5(20-23-16)2-4(19-22-15)7(25)9(11)27/h3-13,25-27H,2H2,1H3,(H,18,28)/t3?,4-,5?,6?,7?,8-,9?,10?,11-,12+,13-/m1/s1. The number of carbonyl (C=O) groups excluding carboxylic acids is 1. The zero-order chi connectivity index (χ0) is 22.7. The van der Waals surface area contributed by atoms with Gasteiger partial charge in [0.15, 0.2) is 12.4 Å². The van der Waals surface area contributed by atoms with Gasteiger partial charge in [-0.05, 0) is 29.9 Å². The van der Waals surface area contributed by atoms with Crippen LogP contribution in [0.5, 0.6) is 0 Å². The monoisotopic (exact) mass is 440 g/mol. The van der Waals surface area contributed by atoms with E-state index in [1.807, 2.05) is 0 Å². The zero-order valence-corrected chi connectivity index (χ0v) is 16.1. The van der Waals surface area contributed by atoms with Crippen LogP contribution in [0.1, 0.15) is 13.3 Å². The van der Waals surface area contributed by atoms with Gasteiger partial charge in [0.1, 0.15) is 24.4 Å². The molecule has 0 bridgehead atoms. The molecule has 6 unspecified atom stereocenters. The van der Waals surface area contributed by atoms with Crippen molar-refractivity contribution >= 4 is 6.09 Å². The van der Waals surface area contributed by atoms with Crippen LogP contribution in [0, 0.1) is 0 Å². The molecule has 4 N–H and O–H groups in total. The molecule has 17 heteroatoms. The van der Waals surface area contributed by atoms with Gasteiger partial charge >= 0.3 is 6.09 Å². The Balaban J connectivity index is 1.88. The number of hydrogen-bond acceptors (Lipinski definition) is 10. The molecule has 3 fully saturated rings. The molecule has 2 heterocycles. The van der Waals surface area contributed by atoms with E-state index in [1.54, 1.807) is 6.92 Å². The second kappa shape index (κ2) is 9.43. The molecule has 1 aliphatic carbocycles. The van der Waals surface area contributed by atoms with Crippen LogP contribution in [-0.2, 0) is 14.2 Å². The first-order chi connectivity index (χ1) is 14.8. The Morgan fingerprint density at radius 3 is 2.29 bits per heavy atom. The van der Waals surface area contributed by atoms with Gasteiger partial charge < -0.3 is 34.8 Å². The highest BCUT2D eigenvalue weighted by atomic mass is 16.7. The summed E-state index contributed by atoms with van der Waals surface area (Å²) in [6.07, 6.45) is -10.5. The van der Waals surface area contributed by atoms with E-state index in [2.05, 4.69) is 35.4 Å². The molecule has 3 aliphatic rings. The summed E-state index contributed by atoms with van der Waals surface area (Å²) in [7, 11) is 0. The first-order valence-electron chi connectivity index (χ1n) is 9.27. The van der Waals surface area contributed by atoms with Crippen LogP contribution in [0.15, 0.2) is 15.3 Å². The molecule has 3 rings (SSSR count). The summed E-state index contributed by atoms with van der Waals surface area (Å²) in [6.45, 7) is 1.60. The van der Waals surface area contributed by atoms with E-state index >= 15 is 0 Å². The van der Waals surface area contributed by atoms with Gasteiger partial charge in [-0.25, -0.2) is 4.79 Å². The van der Waals surface area contributed by atoms with Gasteiger partial charge in [0.25, 0.3) is 0 Å². The Morgan fingerprint density at radius 1 is 1.00 bits per heavy atom. The molecule has 31 heavy (non-hydrogen) atoms. The van der Waals surface area contributed by atoms with Gasteiger partial charge in [0.2, 0.25) is 0 Å². The average molecular weight is 440 g/mol. The first-order valence-corrected chi connectivity index (χ1v) is 9.27. The predicted molar refractivity (Wildman–Crippen MR) is 97.8 cm³/mol. The van der Waals surface area contributed by atoms with Crippen LogP contribution in [0.25, 0.3) is 31.3 Å². The SMILES string of the molecule is CC1NC(=O)O[C@@H]2C1O[C@H](O[C@@H]1C(N=[N+]=[N-])C[C@@H](N=[N+]=[N-])C(O)C1O)C(N=[N+]=[N-])[C@H]2O. The fourth-order valence-corrected chi connectivity index (χ4v) is 3.98. The molecule has 2 aliphatic heterocycles. The van der Waals surface area contributed by atoms with Crippen molar-refractivity contribution in [1.29, 1.82) is 0 Å². The Morgan fingerprint density at radius 2 is 1.65 bits per heavy atom. The minimum absolute atomic E-state index is 0.139. The molecular weight excluding hydrogens is 420 g/mol. The maximum Gasteiger partial charge on any atom is 0.407 e. The summed E-state index contributed by atoms with van der Waals surface area (Å²) >= 11 is 0. The van der Waals surface area contributed by atoms with Crippen LogP contribution < -0.4 is 5.32 Å². The fraction of sp³-hybridized carbons (Fsp3) is 0.929. The summed E-state index contributed by atoms with van der Waals surface area (Å²) in [5.74, 6) is 0. The number of nitrogens with one attached hydrogen (secondary N) is 1. The van der Waals surface area contributed by atoms with Crippen molar-refractivity contribution in [3.63, 3.8) is 0 Å². The van der Waals surface area contributed by atoms with E-state index in [0.717, 1.165) is 0 Å². The van der Waals surface area contributed by atoms with Crippen LogP contribution in [0.2, 0.25) is 0 Å². The maximum absolute atomic E-state index is 11.6. The Hall–Kier alpha value is -3.00. The number of ether oxygens (including phenoxy) is 3. The van der Waals surface area contributed by atoms with Crippen molar-refractivity contribution in [1.82, 2.24) is 5.32 Å². The first kappa shape index (κ1) is 22.7. The number of fused-ring (bicyclic) bond motifs is 1. The molecule has 0 aromatic heterocycles. The topological polar surface area (TPSA) is 264 Å². The lowest BCUT2D eigenvalue weighted by molar-refractivity contribution is -0.296. The van der Waals surface area contributed by atoms with Gasteiger partial charge in [-0.2, -0.15) is 0 Å². The van der Waals surface area contributed by atoms with Gasteiger partial charge in [-0.1, -0.05) is 15.3 Å². The Labute approximate surface area is 173 Å². The van der Waals surface area contributed by atoms with Crippen molar-refractivity contribution in [2.24, 2.45) is 15.3 Å². The number of nitrogens with zero attached hydrogens (tertiary/aromatic N) is 9. The van der Waals surface area contributed by atoms with Crippen LogP contribution >= 0.6 is 0 Å². The number of aliphatic hydroxyl groups excluding tert-OH is 3. The lowest BCUT2D eigenvalue weighted by Crippen LogP contribution is -2.68. The van der Waals surface area contributed by atoms with Crippen molar-refractivity contribution in [2.45, 2.75) is 80.4 Å². The molecule has 11 atom stereocenters. The number of rotatable bonds is 5. The fourth-order valence-electron chi connectivity index (χ4n) is 3.98. The summed E-state index contributed by atoms with van der Waals surface area (Å²) < 4.78 is 16.6. The van der Waals surface area contributed by atoms with E-state index in [0.29, 0.717) is 0 Å². The summed E-state index contributed by atoms with van der Waals surface area (Å²) in [4.78, 5) is 19.6. The minimum atomic E-state index is -1.66. The second-order valence-electron chi connectivity index (χ2n) is 7.32. The molecule has 0 aromatic carbocycles. The average Bonchev–Trinajstić information content (AvgIpc) is 2.72. The molecule has 17 nitrogen and oxygen atoms in total. The number of amides is 1. The van der Waals surface area contributed by atoms with E-state index in [9.17, 15) is 20.1 Å². The number of hydrogen-bond donors (Lipinski definition) is 4. The lowest BCUT2D eigenvalue weighted by atomic mass is 9.84. The van der Waals surface area contributed by atoms with E-state index < -0.39 is 73.2 Å². The number of carbonyl (C=O) groups is 1. The van der Waals surface area contributed by atoms with Gasteiger partial charge in [-0.3, -0.25) is 0 Å². The normalized spacial score (nSPS) is 44.3. The number of alkyl carbamates (subject to hydrolysis) is 1. The zero-order valence-electron chi connectivity index (χ0n) is 16.1. The summed E-state index contributed by atoms with van der Waals surface area (Å²) in [6, 6.07) is -4.16. The molecule has 0 radical (unpaired) electrons. The maximum atomic E-state index is 11.6. The van der Waals surface area contributed by atoms with Crippen molar-refractivity contribution in [3.05, 3.63) is 31.3 Å². The number of aliphatic hydroxyl groups is 3. The third-order valence-electron chi connectivity index (χ3n) is 5.48. The van der Waals surface area contributed by atoms with Gasteiger partial charge in [0.05, 0.1) is 30.3 Å². The van der Waals surface area contributed by atoms with Crippen molar-refractivity contribution in [3.8, 4) is 0 Å². The Kier molecular flexibility index (Phi) is 6.90. The molecule has 1 amide bonds. The molecule has 168 valence electrons. The van der Waals surface area contributed by atoms with Gasteiger partial charge in [0, 0.05) is 14.7 Å². The molecule has 2 saturated heterocycles. The summed E-state index contributed by atoms with van der Waals surface area (Å²) in [5.41, 5.74) is 26.4. The highest BCUT2D eigenvalue weighted by Gasteiger charge is 2.54. The largest absolute Gasteiger partial charge is 0.441 e. The predicted octanol–water partition coefficient (Wildman–Crippen LogP) is 0.116. The van der Waals surface area contributed by atoms with E-state index in [1.165, 1.54) is 0 Å². The lowest BCUT2D eigenvalue weighted by Gasteiger charge is -2.48. The van der Waals surface area contributed by atoms with E-state index in [4.69, 9.17) is 30.8 Å². The Bertz CT molecular complexity index is 841. The summed E-state index contributed by atoms with van der Waals surface area (Å²) in [5, 5.41) is 44.3. The quantitative estimate of drug-likeness (QED) is 0.260. The van der Waals surface area contributed by atoms with Crippen molar-refractivity contribution < 1.29 is 34.3 Å². The number of azide groups is 3. The van der Waals surface area contributed by atoms with Crippen molar-refractivity contribution in [2.75, 3.05) is 0 Å². The van der Waals surface area contributed by atoms with Crippen LogP contribution in [-0.4, -0.2) is 88.5 Å². The smallest absolute Gasteiger partial charge is 0.407 e.